The van der Waals surface area contributed by atoms with Gasteiger partial charge in [-0.25, -0.2) is 4.79 Å². The van der Waals surface area contributed by atoms with Crippen molar-refractivity contribution in [2.45, 2.75) is 25.7 Å². The first-order valence-corrected chi connectivity index (χ1v) is 14.8. The quantitative estimate of drug-likeness (QED) is 0.0600. The van der Waals surface area contributed by atoms with Crippen molar-refractivity contribution >= 4 is 29.0 Å². The van der Waals surface area contributed by atoms with E-state index < -0.39 is 5.97 Å². The lowest BCUT2D eigenvalue weighted by atomic mass is 10.0. The molecule has 0 aliphatic heterocycles. The number of esters is 2. The van der Waals surface area contributed by atoms with Gasteiger partial charge in [-0.05, 0) is 90.0 Å². The van der Waals surface area contributed by atoms with Crippen LogP contribution in [0.25, 0.3) is 22.3 Å². The third kappa shape index (κ3) is 8.11. The molecule has 0 aliphatic rings. The van der Waals surface area contributed by atoms with Crippen LogP contribution in [0.4, 0.5) is 17.1 Å². The highest BCUT2D eigenvalue weighted by Gasteiger charge is 2.14. The van der Waals surface area contributed by atoms with Crippen molar-refractivity contribution in [2.24, 2.45) is 0 Å². The molecule has 0 saturated carbocycles. The molecule has 5 nitrogen and oxygen atoms in total. The number of nitrogens with zero attached hydrogens (tertiary/aromatic N) is 1. The first-order valence-electron chi connectivity index (χ1n) is 14.8. The predicted octanol–water partition coefficient (Wildman–Crippen LogP) is 9.69. The van der Waals surface area contributed by atoms with Gasteiger partial charge in [0.2, 0.25) is 0 Å². The van der Waals surface area contributed by atoms with E-state index >= 15 is 0 Å². The largest absolute Gasteiger partial charge is 0.463 e. The molecule has 0 radical (unpaired) electrons. The van der Waals surface area contributed by atoms with E-state index in [0.717, 1.165) is 40.7 Å². The van der Waals surface area contributed by atoms with Gasteiger partial charge in [-0.2, -0.15) is 0 Å². The van der Waals surface area contributed by atoms with E-state index in [-0.39, 0.29) is 5.97 Å². The molecule has 0 aliphatic carbocycles. The second-order valence-corrected chi connectivity index (χ2v) is 10.3. The van der Waals surface area contributed by atoms with Gasteiger partial charge in [0.25, 0.3) is 0 Å². The molecule has 0 heterocycles. The molecule has 0 saturated heterocycles. The molecule has 5 heteroatoms. The van der Waals surface area contributed by atoms with Crippen LogP contribution >= 0.6 is 0 Å². The van der Waals surface area contributed by atoms with Crippen LogP contribution in [0.15, 0.2) is 146 Å². The summed E-state index contributed by atoms with van der Waals surface area (Å²) < 4.78 is 10.6. The van der Waals surface area contributed by atoms with E-state index in [0.29, 0.717) is 31.6 Å². The lowest BCUT2D eigenvalue weighted by Crippen LogP contribution is -2.11. The predicted molar refractivity (Wildman–Crippen MR) is 177 cm³/mol. The normalized spacial score (nSPS) is 10.5. The topological polar surface area (TPSA) is 55.8 Å². The molecule has 0 unspecified atom stereocenters. The Morgan fingerprint density at radius 1 is 0.568 bits per heavy atom. The van der Waals surface area contributed by atoms with Crippen LogP contribution < -0.4 is 9.64 Å². The number of ether oxygens (including phenoxy) is 2. The lowest BCUT2D eigenvalue weighted by Gasteiger charge is -2.26. The Hall–Kier alpha value is -5.42. The zero-order valence-electron chi connectivity index (χ0n) is 24.6. The molecule has 0 aromatic heterocycles. The highest BCUT2D eigenvalue weighted by molar-refractivity contribution is 5.81. The van der Waals surface area contributed by atoms with Gasteiger partial charge in [-0.1, -0.05) is 91.5 Å². The summed E-state index contributed by atoms with van der Waals surface area (Å²) in [5.74, 6) is -0.219. The number of anilines is 3. The first-order chi connectivity index (χ1) is 21.6. The van der Waals surface area contributed by atoms with Crippen LogP contribution in [0.2, 0.25) is 0 Å². The van der Waals surface area contributed by atoms with Crippen molar-refractivity contribution in [1.82, 2.24) is 0 Å². The Bertz CT molecular complexity index is 1560. The molecule has 0 amide bonds. The summed E-state index contributed by atoms with van der Waals surface area (Å²) in [5, 5.41) is 0. The smallest absolute Gasteiger partial charge is 0.330 e. The summed E-state index contributed by atoms with van der Waals surface area (Å²) >= 11 is 0. The first kappa shape index (κ1) is 30.1. The van der Waals surface area contributed by atoms with Gasteiger partial charge < -0.3 is 14.4 Å². The van der Waals surface area contributed by atoms with E-state index in [1.54, 1.807) is 0 Å². The van der Waals surface area contributed by atoms with Crippen molar-refractivity contribution in [1.29, 1.82) is 0 Å². The second-order valence-electron chi connectivity index (χ2n) is 10.3. The molecule has 0 N–H and O–H groups in total. The minimum absolute atomic E-state index is 0.286. The van der Waals surface area contributed by atoms with E-state index in [9.17, 15) is 9.59 Å². The minimum atomic E-state index is -0.431. The monoisotopic (exact) mass is 581 g/mol. The number of rotatable bonds is 13. The maximum Gasteiger partial charge on any atom is 0.330 e. The summed E-state index contributed by atoms with van der Waals surface area (Å²) in [4.78, 5) is 25.7. The Morgan fingerprint density at radius 2 is 1.02 bits per heavy atom. The summed E-state index contributed by atoms with van der Waals surface area (Å²) in [5.41, 5.74) is 7.60. The van der Waals surface area contributed by atoms with Crippen LogP contribution in [0.5, 0.6) is 5.75 Å². The molecule has 5 aromatic rings. The van der Waals surface area contributed by atoms with Gasteiger partial charge in [0, 0.05) is 29.6 Å². The molecule has 0 bridgehead atoms. The van der Waals surface area contributed by atoms with E-state index in [1.807, 2.05) is 60.7 Å². The summed E-state index contributed by atoms with van der Waals surface area (Å²) in [7, 11) is 0. The van der Waals surface area contributed by atoms with Gasteiger partial charge in [0.1, 0.15) is 5.75 Å². The lowest BCUT2D eigenvalue weighted by molar-refractivity contribution is -0.138. The van der Waals surface area contributed by atoms with Crippen molar-refractivity contribution in [3.63, 3.8) is 0 Å². The van der Waals surface area contributed by atoms with Crippen molar-refractivity contribution in [2.75, 3.05) is 11.5 Å². The van der Waals surface area contributed by atoms with Gasteiger partial charge in [0.15, 0.2) is 0 Å². The van der Waals surface area contributed by atoms with Gasteiger partial charge in [-0.3, -0.25) is 4.79 Å². The van der Waals surface area contributed by atoms with Crippen LogP contribution in [-0.2, 0) is 14.3 Å². The molecule has 0 fully saturated rings. The summed E-state index contributed by atoms with van der Waals surface area (Å²) in [6.45, 7) is 3.69. The molecule has 0 spiro atoms. The van der Waals surface area contributed by atoms with Crippen LogP contribution in [0, 0.1) is 0 Å². The zero-order chi connectivity index (χ0) is 30.6. The molecule has 0 atom stereocenters. The zero-order valence-corrected chi connectivity index (χ0v) is 24.6. The highest BCUT2D eigenvalue weighted by Crippen LogP contribution is 2.37. The molecule has 44 heavy (non-hydrogen) atoms. The fourth-order valence-electron chi connectivity index (χ4n) is 4.94. The van der Waals surface area contributed by atoms with Gasteiger partial charge >= 0.3 is 11.9 Å². The maximum atomic E-state index is 12.4. The summed E-state index contributed by atoms with van der Waals surface area (Å²) in [6.07, 6.45) is 3.56. The molecule has 5 rings (SSSR count). The number of hydrogen-bond donors (Lipinski definition) is 0. The SMILES string of the molecule is C=CC(=O)OCCCCCC(=O)Oc1ccc(N(c2ccc(-c3ccccc3)cc2)c2ccc(-c3ccccc3)cc2)cc1. The summed E-state index contributed by atoms with van der Waals surface area (Å²) in [6, 6.07) is 45.3. The molecule has 5 aromatic carbocycles. The van der Waals surface area contributed by atoms with Crippen LogP contribution in [0.3, 0.4) is 0 Å². The van der Waals surface area contributed by atoms with Gasteiger partial charge in [-0.15, -0.1) is 0 Å². The average molecular weight is 582 g/mol. The Labute approximate surface area is 259 Å². The fourth-order valence-corrected chi connectivity index (χ4v) is 4.94. The van der Waals surface area contributed by atoms with Crippen molar-refractivity contribution in [3.05, 3.63) is 146 Å². The van der Waals surface area contributed by atoms with Crippen molar-refractivity contribution in [3.8, 4) is 28.0 Å². The third-order valence-corrected chi connectivity index (χ3v) is 7.23. The van der Waals surface area contributed by atoms with E-state index in [1.165, 1.54) is 11.1 Å². The van der Waals surface area contributed by atoms with E-state index in [2.05, 4.69) is 84.3 Å². The minimum Gasteiger partial charge on any atom is -0.463 e. The standard InChI is InChI=1S/C39H35NO4/c1-2-38(41)43-29-11-5-10-16-39(42)44-37-27-25-36(26-28-37)40(34-21-17-32(18-22-34)30-12-6-3-7-13-30)35-23-19-33(20-24-35)31-14-8-4-9-15-31/h2-4,6-9,12-15,17-28H,1,5,10-11,16,29H2. The number of carbonyl (C=O) groups is 2. The van der Waals surface area contributed by atoms with Crippen LogP contribution in [0.1, 0.15) is 25.7 Å². The van der Waals surface area contributed by atoms with Crippen molar-refractivity contribution < 1.29 is 19.1 Å². The Morgan fingerprint density at radius 3 is 1.50 bits per heavy atom. The maximum absolute atomic E-state index is 12.4. The third-order valence-electron chi connectivity index (χ3n) is 7.23. The molecular weight excluding hydrogens is 546 g/mol. The Balaban J connectivity index is 1.30. The highest BCUT2D eigenvalue weighted by atomic mass is 16.5. The van der Waals surface area contributed by atoms with Crippen LogP contribution in [-0.4, -0.2) is 18.5 Å². The molecule has 220 valence electrons. The number of unbranched alkanes of at least 4 members (excludes halogenated alkanes) is 2. The molecular formula is C39H35NO4. The van der Waals surface area contributed by atoms with Gasteiger partial charge in [0.05, 0.1) is 6.61 Å². The average Bonchev–Trinajstić information content (AvgIpc) is 3.08. The Kier molecular flexibility index (Phi) is 10.4. The van der Waals surface area contributed by atoms with E-state index in [4.69, 9.17) is 9.47 Å². The number of carbonyl (C=O) groups excluding carboxylic acids is 2. The second kappa shape index (κ2) is 15.2. The fraction of sp³-hybridized carbons (Fsp3) is 0.128. The number of hydrogen-bond acceptors (Lipinski definition) is 5. The number of benzene rings is 5.